The van der Waals surface area contributed by atoms with E-state index in [1.165, 1.54) is 0 Å². The summed E-state index contributed by atoms with van der Waals surface area (Å²) in [7, 11) is 0. The third-order valence-corrected chi connectivity index (χ3v) is 3.85. The maximum Gasteiger partial charge on any atom is 0.0960 e. The molecule has 1 N–H and O–H groups in total. The lowest BCUT2D eigenvalue weighted by Gasteiger charge is -2.24. The molecule has 0 amide bonds. The SMILES string of the molecule is Cc1csc(CC(C)(O)c2ccccc2C)n1. The second kappa shape index (κ2) is 4.59. The molecular weight excluding hydrogens is 230 g/mol. The fourth-order valence-corrected chi connectivity index (χ4v) is 2.97. The molecule has 1 atom stereocenters. The lowest BCUT2D eigenvalue weighted by Crippen LogP contribution is -2.25. The van der Waals surface area contributed by atoms with Crippen LogP contribution in [0.25, 0.3) is 0 Å². The average molecular weight is 247 g/mol. The van der Waals surface area contributed by atoms with Gasteiger partial charge in [0, 0.05) is 17.5 Å². The first-order chi connectivity index (χ1) is 7.99. The molecule has 17 heavy (non-hydrogen) atoms. The molecule has 0 saturated carbocycles. The summed E-state index contributed by atoms with van der Waals surface area (Å²) >= 11 is 1.61. The summed E-state index contributed by atoms with van der Waals surface area (Å²) in [6, 6.07) is 7.96. The van der Waals surface area contributed by atoms with E-state index in [1.807, 2.05) is 50.4 Å². The predicted molar refractivity (Wildman–Crippen MR) is 71.3 cm³/mol. The highest BCUT2D eigenvalue weighted by Gasteiger charge is 2.26. The van der Waals surface area contributed by atoms with Crippen LogP contribution >= 0.6 is 11.3 Å². The van der Waals surface area contributed by atoms with Gasteiger partial charge in [-0.1, -0.05) is 24.3 Å². The molecule has 2 rings (SSSR count). The minimum Gasteiger partial charge on any atom is -0.385 e. The van der Waals surface area contributed by atoms with Crippen LogP contribution in [0.1, 0.15) is 28.8 Å². The molecule has 3 heteroatoms. The van der Waals surface area contributed by atoms with Crippen molar-refractivity contribution in [3.8, 4) is 0 Å². The zero-order valence-corrected chi connectivity index (χ0v) is 11.2. The molecule has 2 nitrogen and oxygen atoms in total. The lowest BCUT2D eigenvalue weighted by molar-refractivity contribution is 0.0569. The number of aromatic nitrogens is 1. The molecule has 0 bridgehead atoms. The number of hydrogen-bond donors (Lipinski definition) is 1. The molecule has 0 saturated heterocycles. The number of nitrogens with zero attached hydrogens (tertiary/aromatic N) is 1. The molecular formula is C14H17NOS. The fraction of sp³-hybridized carbons (Fsp3) is 0.357. The van der Waals surface area contributed by atoms with E-state index in [0.717, 1.165) is 21.8 Å². The van der Waals surface area contributed by atoms with Gasteiger partial charge in [-0.2, -0.15) is 0 Å². The molecule has 0 aliphatic rings. The van der Waals surface area contributed by atoms with Gasteiger partial charge in [-0.25, -0.2) is 4.98 Å². The van der Waals surface area contributed by atoms with Gasteiger partial charge < -0.3 is 5.11 Å². The Hall–Kier alpha value is -1.19. The zero-order chi connectivity index (χ0) is 12.5. The van der Waals surface area contributed by atoms with Crippen LogP contribution in [0.4, 0.5) is 0 Å². The second-order valence-electron chi connectivity index (χ2n) is 4.65. The van der Waals surface area contributed by atoms with Gasteiger partial charge in [0.25, 0.3) is 0 Å². The van der Waals surface area contributed by atoms with E-state index in [0.29, 0.717) is 6.42 Å². The first-order valence-electron chi connectivity index (χ1n) is 5.68. The molecule has 1 aromatic carbocycles. The van der Waals surface area contributed by atoms with E-state index in [9.17, 15) is 5.11 Å². The third-order valence-electron chi connectivity index (χ3n) is 2.89. The Morgan fingerprint density at radius 2 is 2.00 bits per heavy atom. The number of rotatable bonds is 3. The minimum absolute atomic E-state index is 0.566. The van der Waals surface area contributed by atoms with Crippen LogP contribution < -0.4 is 0 Å². The normalized spacial score (nSPS) is 14.6. The van der Waals surface area contributed by atoms with Crippen LogP contribution in [-0.4, -0.2) is 10.1 Å². The molecule has 1 aromatic heterocycles. The van der Waals surface area contributed by atoms with Crippen molar-refractivity contribution < 1.29 is 5.11 Å². The summed E-state index contributed by atoms with van der Waals surface area (Å²) in [5.41, 5.74) is 2.26. The fourth-order valence-electron chi connectivity index (χ4n) is 2.05. The van der Waals surface area contributed by atoms with E-state index in [1.54, 1.807) is 11.3 Å². The highest BCUT2D eigenvalue weighted by atomic mass is 32.1. The van der Waals surface area contributed by atoms with Crippen LogP contribution in [0.5, 0.6) is 0 Å². The molecule has 1 unspecified atom stereocenters. The number of benzene rings is 1. The van der Waals surface area contributed by atoms with Crippen LogP contribution in [0.3, 0.4) is 0 Å². The first-order valence-corrected chi connectivity index (χ1v) is 6.56. The zero-order valence-electron chi connectivity index (χ0n) is 10.4. The average Bonchev–Trinajstić information content (AvgIpc) is 2.63. The van der Waals surface area contributed by atoms with Gasteiger partial charge in [0.05, 0.1) is 10.6 Å². The lowest BCUT2D eigenvalue weighted by atomic mass is 9.89. The summed E-state index contributed by atoms with van der Waals surface area (Å²) in [6.45, 7) is 5.85. The molecule has 0 spiro atoms. The van der Waals surface area contributed by atoms with E-state index in [2.05, 4.69) is 4.98 Å². The van der Waals surface area contributed by atoms with Gasteiger partial charge in [0.15, 0.2) is 0 Å². The summed E-state index contributed by atoms with van der Waals surface area (Å²) < 4.78 is 0. The van der Waals surface area contributed by atoms with E-state index in [-0.39, 0.29) is 0 Å². The Labute approximate surface area is 106 Å². The summed E-state index contributed by atoms with van der Waals surface area (Å²) in [4.78, 5) is 4.41. The standard InChI is InChI=1S/C14H17NOS/c1-10-6-4-5-7-12(10)14(3,16)8-13-15-11(2)9-17-13/h4-7,9,16H,8H2,1-3H3. The Kier molecular flexibility index (Phi) is 3.31. The van der Waals surface area contributed by atoms with Gasteiger partial charge >= 0.3 is 0 Å². The van der Waals surface area contributed by atoms with Gasteiger partial charge in [0.1, 0.15) is 0 Å². The molecule has 2 aromatic rings. The van der Waals surface area contributed by atoms with Crippen molar-refractivity contribution in [1.82, 2.24) is 4.98 Å². The highest BCUT2D eigenvalue weighted by Crippen LogP contribution is 2.28. The van der Waals surface area contributed by atoms with Crippen LogP contribution in [0, 0.1) is 13.8 Å². The Morgan fingerprint density at radius 3 is 2.59 bits per heavy atom. The number of hydrogen-bond acceptors (Lipinski definition) is 3. The predicted octanol–water partition coefficient (Wildman–Crippen LogP) is 3.21. The van der Waals surface area contributed by atoms with Crippen LogP contribution in [0.15, 0.2) is 29.6 Å². The van der Waals surface area contributed by atoms with Gasteiger partial charge in [0.2, 0.25) is 0 Å². The van der Waals surface area contributed by atoms with E-state index < -0.39 is 5.60 Å². The maximum atomic E-state index is 10.6. The van der Waals surface area contributed by atoms with Crippen molar-refractivity contribution in [3.63, 3.8) is 0 Å². The van der Waals surface area contributed by atoms with Gasteiger partial charge in [-0.15, -0.1) is 11.3 Å². The molecule has 1 heterocycles. The first kappa shape index (κ1) is 12.3. The largest absolute Gasteiger partial charge is 0.385 e. The van der Waals surface area contributed by atoms with Crippen molar-refractivity contribution in [1.29, 1.82) is 0 Å². The monoisotopic (exact) mass is 247 g/mol. The van der Waals surface area contributed by atoms with Crippen molar-refractivity contribution in [3.05, 3.63) is 51.5 Å². The molecule has 0 aliphatic heterocycles. The number of aliphatic hydroxyl groups is 1. The van der Waals surface area contributed by atoms with Crippen molar-refractivity contribution >= 4 is 11.3 Å². The van der Waals surface area contributed by atoms with E-state index in [4.69, 9.17) is 0 Å². The van der Waals surface area contributed by atoms with Crippen LogP contribution in [0.2, 0.25) is 0 Å². The molecule has 0 aliphatic carbocycles. The maximum absolute atomic E-state index is 10.6. The topological polar surface area (TPSA) is 33.1 Å². The second-order valence-corrected chi connectivity index (χ2v) is 5.59. The van der Waals surface area contributed by atoms with Crippen LogP contribution in [-0.2, 0) is 12.0 Å². The molecule has 0 radical (unpaired) electrons. The quantitative estimate of drug-likeness (QED) is 0.903. The summed E-state index contributed by atoms with van der Waals surface area (Å²) in [6.07, 6.45) is 0.566. The van der Waals surface area contributed by atoms with Crippen molar-refractivity contribution in [2.45, 2.75) is 32.8 Å². The van der Waals surface area contributed by atoms with Crippen molar-refractivity contribution in [2.75, 3.05) is 0 Å². The highest BCUT2D eigenvalue weighted by molar-refractivity contribution is 7.09. The third kappa shape index (κ3) is 2.73. The Morgan fingerprint density at radius 1 is 1.29 bits per heavy atom. The smallest absolute Gasteiger partial charge is 0.0960 e. The molecule has 90 valence electrons. The number of aryl methyl sites for hydroxylation is 2. The van der Waals surface area contributed by atoms with E-state index >= 15 is 0 Å². The molecule has 0 fully saturated rings. The Bertz CT molecular complexity index is 516. The Balaban J connectivity index is 2.27. The van der Waals surface area contributed by atoms with Gasteiger partial charge in [-0.05, 0) is 31.9 Å². The summed E-state index contributed by atoms with van der Waals surface area (Å²) in [5, 5.41) is 13.6. The van der Waals surface area contributed by atoms with Crippen molar-refractivity contribution in [2.24, 2.45) is 0 Å². The summed E-state index contributed by atoms with van der Waals surface area (Å²) in [5.74, 6) is 0. The minimum atomic E-state index is -0.852. The number of thiazole rings is 1. The van der Waals surface area contributed by atoms with Gasteiger partial charge in [-0.3, -0.25) is 0 Å².